The first-order valence-corrected chi connectivity index (χ1v) is 9.89. The Balaban J connectivity index is 2.08. The van der Waals surface area contributed by atoms with Crippen LogP contribution in [-0.4, -0.2) is 38.1 Å². The fourth-order valence-corrected chi connectivity index (χ4v) is 3.37. The standard InChI is InChI=1S/C23H33NO2/c1-4-5-6-16-23(25)26-18-20(13-10-17-24(2)3)22-15-9-12-19-11-7-8-14-21(19)22/h7-9,11-12,14-15,20H,4-6,10,13,16-18H2,1-3H3. The molecule has 142 valence electrons. The molecular formula is C23H33NO2. The molecule has 0 saturated carbocycles. The van der Waals surface area contributed by atoms with Crippen molar-refractivity contribution < 1.29 is 9.53 Å². The normalized spacial score (nSPS) is 12.5. The Morgan fingerprint density at radius 3 is 2.58 bits per heavy atom. The highest BCUT2D eigenvalue weighted by atomic mass is 16.5. The Kier molecular flexibility index (Phi) is 8.63. The number of carbonyl (C=O) groups excluding carboxylic acids is 1. The number of unbranched alkanes of at least 4 members (excludes halogenated alkanes) is 2. The lowest BCUT2D eigenvalue weighted by Crippen LogP contribution is -2.17. The van der Waals surface area contributed by atoms with Crippen LogP contribution in [0.2, 0.25) is 0 Å². The number of hydrogen-bond acceptors (Lipinski definition) is 3. The summed E-state index contributed by atoms with van der Waals surface area (Å²) >= 11 is 0. The Morgan fingerprint density at radius 1 is 1.04 bits per heavy atom. The zero-order valence-corrected chi connectivity index (χ0v) is 16.5. The van der Waals surface area contributed by atoms with Gasteiger partial charge in [0.2, 0.25) is 0 Å². The summed E-state index contributed by atoms with van der Waals surface area (Å²) in [6.07, 6.45) is 5.78. The van der Waals surface area contributed by atoms with Crippen molar-refractivity contribution in [2.45, 2.75) is 51.4 Å². The quantitative estimate of drug-likeness (QED) is 0.400. The highest BCUT2D eigenvalue weighted by molar-refractivity contribution is 5.86. The summed E-state index contributed by atoms with van der Waals surface area (Å²) in [6.45, 7) is 3.67. The van der Waals surface area contributed by atoms with Gasteiger partial charge in [-0.15, -0.1) is 0 Å². The van der Waals surface area contributed by atoms with Crippen molar-refractivity contribution in [1.82, 2.24) is 4.90 Å². The molecule has 0 aliphatic heterocycles. The largest absolute Gasteiger partial charge is 0.465 e. The first-order valence-electron chi connectivity index (χ1n) is 9.89. The molecule has 1 atom stereocenters. The second kappa shape index (κ2) is 11.0. The van der Waals surface area contributed by atoms with Gasteiger partial charge in [0.05, 0.1) is 6.61 Å². The number of esters is 1. The highest BCUT2D eigenvalue weighted by Gasteiger charge is 2.17. The summed E-state index contributed by atoms with van der Waals surface area (Å²) in [4.78, 5) is 14.3. The lowest BCUT2D eigenvalue weighted by atomic mass is 9.90. The Labute approximate surface area is 158 Å². The zero-order chi connectivity index (χ0) is 18.8. The molecule has 0 aliphatic carbocycles. The van der Waals surface area contributed by atoms with Crippen LogP contribution in [0.5, 0.6) is 0 Å². The molecule has 0 aliphatic rings. The Hall–Kier alpha value is -1.87. The van der Waals surface area contributed by atoms with Gasteiger partial charge in [0, 0.05) is 12.3 Å². The van der Waals surface area contributed by atoms with Crippen LogP contribution in [0.4, 0.5) is 0 Å². The summed E-state index contributed by atoms with van der Waals surface area (Å²) in [5.74, 6) is 0.187. The predicted octanol–water partition coefficient (Wildman–Crippen LogP) is 5.39. The van der Waals surface area contributed by atoms with Crippen molar-refractivity contribution in [3.05, 3.63) is 48.0 Å². The van der Waals surface area contributed by atoms with Crippen molar-refractivity contribution in [1.29, 1.82) is 0 Å². The fraction of sp³-hybridized carbons (Fsp3) is 0.522. The molecule has 2 aromatic carbocycles. The van der Waals surface area contributed by atoms with Crippen LogP contribution in [0.15, 0.2) is 42.5 Å². The molecule has 0 fully saturated rings. The SMILES string of the molecule is CCCCCC(=O)OCC(CCCN(C)C)c1cccc2ccccc12. The number of carbonyl (C=O) groups is 1. The molecule has 0 N–H and O–H groups in total. The van der Waals surface area contributed by atoms with Crippen LogP contribution in [0.25, 0.3) is 10.8 Å². The maximum Gasteiger partial charge on any atom is 0.305 e. The van der Waals surface area contributed by atoms with E-state index in [1.807, 2.05) is 0 Å². The maximum absolute atomic E-state index is 12.1. The van der Waals surface area contributed by atoms with E-state index in [-0.39, 0.29) is 11.9 Å². The van der Waals surface area contributed by atoms with E-state index in [4.69, 9.17) is 4.74 Å². The maximum atomic E-state index is 12.1. The van der Waals surface area contributed by atoms with Crippen molar-refractivity contribution in [3.8, 4) is 0 Å². The third-order valence-corrected chi connectivity index (χ3v) is 4.85. The van der Waals surface area contributed by atoms with E-state index >= 15 is 0 Å². The minimum Gasteiger partial charge on any atom is -0.465 e. The molecule has 26 heavy (non-hydrogen) atoms. The number of ether oxygens (including phenoxy) is 1. The average Bonchev–Trinajstić information content (AvgIpc) is 2.64. The summed E-state index contributed by atoms with van der Waals surface area (Å²) in [5.41, 5.74) is 1.29. The first-order chi connectivity index (χ1) is 12.6. The lowest BCUT2D eigenvalue weighted by molar-refractivity contribution is -0.144. The Bertz CT molecular complexity index is 675. The number of rotatable bonds is 11. The van der Waals surface area contributed by atoms with Crippen LogP contribution in [-0.2, 0) is 9.53 Å². The molecule has 0 saturated heterocycles. The van der Waals surface area contributed by atoms with Crippen LogP contribution < -0.4 is 0 Å². The predicted molar refractivity (Wildman–Crippen MR) is 110 cm³/mol. The minimum atomic E-state index is -0.0590. The second-order valence-electron chi connectivity index (χ2n) is 7.35. The van der Waals surface area contributed by atoms with E-state index < -0.39 is 0 Å². The monoisotopic (exact) mass is 355 g/mol. The van der Waals surface area contributed by atoms with Crippen molar-refractivity contribution in [2.75, 3.05) is 27.2 Å². The molecular weight excluding hydrogens is 322 g/mol. The molecule has 0 bridgehead atoms. The minimum absolute atomic E-state index is 0.0590. The van der Waals surface area contributed by atoms with Gasteiger partial charge in [0.25, 0.3) is 0 Å². The third kappa shape index (κ3) is 6.45. The highest BCUT2D eigenvalue weighted by Crippen LogP contribution is 2.29. The van der Waals surface area contributed by atoms with E-state index in [9.17, 15) is 4.79 Å². The molecule has 0 amide bonds. The van der Waals surface area contributed by atoms with Gasteiger partial charge >= 0.3 is 5.97 Å². The molecule has 3 nitrogen and oxygen atoms in total. The van der Waals surface area contributed by atoms with Gasteiger partial charge in [-0.25, -0.2) is 0 Å². The van der Waals surface area contributed by atoms with E-state index in [1.54, 1.807) is 0 Å². The number of nitrogens with zero attached hydrogens (tertiary/aromatic N) is 1. The van der Waals surface area contributed by atoms with E-state index in [1.165, 1.54) is 16.3 Å². The van der Waals surface area contributed by atoms with Gasteiger partial charge in [0.1, 0.15) is 0 Å². The van der Waals surface area contributed by atoms with Gasteiger partial charge in [-0.05, 0) is 56.2 Å². The van der Waals surface area contributed by atoms with E-state index in [0.29, 0.717) is 13.0 Å². The Morgan fingerprint density at radius 2 is 1.81 bits per heavy atom. The van der Waals surface area contributed by atoms with Gasteiger partial charge in [-0.2, -0.15) is 0 Å². The van der Waals surface area contributed by atoms with Gasteiger partial charge in [-0.1, -0.05) is 62.2 Å². The first kappa shape index (κ1) is 20.4. The van der Waals surface area contributed by atoms with Crippen LogP contribution in [0, 0.1) is 0 Å². The molecule has 0 spiro atoms. The number of fused-ring (bicyclic) bond motifs is 1. The van der Waals surface area contributed by atoms with E-state index in [0.717, 1.165) is 38.6 Å². The zero-order valence-electron chi connectivity index (χ0n) is 16.5. The summed E-state index contributed by atoms with van der Waals surface area (Å²) in [5, 5.41) is 2.52. The van der Waals surface area contributed by atoms with Gasteiger partial charge in [-0.3, -0.25) is 4.79 Å². The lowest BCUT2D eigenvalue weighted by Gasteiger charge is -2.20. The van der Waals surface area contributed by atoms with Gasteiger partial charge < -0.3 is 9.64 Å². The van der Waals surface area contributed by atoms with Crippen LogP contribution in [0.3, 0.4) is 0 Å². The second-order valence-corrected chi connectivity index (χ2v) is 7.35. The topological polar surface area (TPSA) is 29.5 Å². The number of benzene rings is 2. The number of hydrogen-bond donors (Lipinski definition) is 0. The van der Waals surface area contributed by atoms with Crippen LogP contribution >= 0.6 is 0 Å². The summed E-state index contributed by atoms with van der Waals surface area (Å²) < 4.78 is 5.66. The fourth-order valence-electron chi connectivity index (χ4n) is 3.37. The van der Waals surface area contributed by atoms with Crippen LogP contribution in [0.1, 0.15) is 56.9 Å². The third-order valence-electron chi connectivity index (χ3n) is 4.85. The van der Waals surface area contributed by atoms with Crippen molar-refractivity contribution in [3.63, 3.8) is 0 Å². The molecule has 2 rings (SSSR count). The smallest absolute Gasteiger partial charge is 0.305 e. The molecule has 0 heterocycles. The molecule has 2 aromatic rings. The summed E-state index contributed by atoms with van der Waals surface area (Å²) in [7, 11) is 4.20. The van der Waals surface area contributed by atoms with Crippen molar-refractivity contribution in [2.24, 2.45) is 0 Å². The molecule has 0 aromatic heterocycles. The molecule has 1 unspecified atom stereocenters. The van der Waals surface area contributed by atoms with E-state index in [2.05, 4.69) is 68.4 Å². The van der Waals surface area contributed by atoms with Gasteiger partial charge in [0.15, 0.2) is 0 Å². The molecule has 3 heteroatoms. The average molecular weight is 356 g/mol. The summed E-state index contributed by atoms with van der Waals surface area (Å²) in [6, 6.07) is 14.9. The molecule has 0 radical (unpaired) electrons. The van der Waals surface area contributed by atoms with Crippen molar-refractivity contribution >= 4 is 16.7 Å².